The van der Waals surface area contributed by atoms with Gasteiger partial charge in [-0.1, -0.05) is 12.1 Å². The average Bonchev–Trinajstić information content (AvgIpc) is 3.20. The number of amides is 1. The van der Waals surface area contributed by atoms with Crippen molar-refractivity contribution in [1.82, 2.24) is 14.4 Å². The Labute approximate surface area is 156 Å². The van der Waals surface area contributed by atoms with E-state index in [2.05, 4.69) is 4.90 Å². The second kappa shape index (κ2) is 7.46. The van der Waals surface area contributed by atoms with Gasteiger partial charge in [-0.25, -0.2) is 4.79 Å². The number of aliphatic hydroxyl groups is 1. The SMILES string of the molecule is O=C(Cn1c(=O)oc2ccccc21)N1CCOC[C@@](O)(CN2CCCC2)C1. The third-order valence-electron chi connectivity index (χ3n) is 5.30. The highest BCUT2D eigenvalue weighted by atomic mass is 16.5. The van der Waals surface area contributed by atoms with E-state index in [4.69, 9.17) is 9.15 Å². The third kappa shape index (κ3) is 3.92. The van der Waals surface area contributed by atoms with Gasteiger partial charge in [-0.3, -0.25) is 9.36 Å². The van der Waals surface area contributed by atoms with Gasteiger partial charge < -0.3 is 24.1 Å². The van der Waals surface area contributed by atoms with Crippen molar-refractivity contribution in [3.8, 4) is 0 Å². The molecule has 146 valence electrons. The number of rotatable bonds is 4. The molecule has 2 fully saturated rings. The van der Waals surface area contributed by atoms with E-state index in [9.17, 15) is 14.7 Å². The Bertz CT molecular complexity index is 870. The molecular formula is C19H25N3O5. The lowest BCUT2D eigenvalue weighted by Crippen LogP contribution is -2.53. The summed E-state index contributed by atoms with van der Waals surface area (Å²) in [5.74, 6) is -0.781. The van der Waals surface area contributed by atoms with Crippen LogP contribution < -0.4 is 5.76 Å². The molecular weight excluding hydrogens is 350 g/mol. The lowest BCUT2D eigenvalue weighted by Gasteiger charge is -2.34. The van der Waals surface area contributed by atoms with Crippen LogP contribution in [0.2, 0.25) is 0 Å². The molecule has 3 heterocycles. The van der Waals surface area contributed by atoms with E-state index in [1.54, 1.807) is 29.2 Å². The summed E-state index contributed by atoms with van der Waals surface area (Å²) in [7, 11) is 0. The van der Waals surface area contributed by atoms with E-state index in [0.29, 0.717) is 30.8 Å². The first-order valence-corrected chi connectivity index (χ1v) is 9.43. The molecule has 8 heteroatoms. The average molecular weight is 375 g/mol. The minimum atomic E-state index is -1.10. The monoisotopic (exact) mass is 375 g/mol. The zero-order valence-electron chi connectivity index (χ0n) is 15.3. The van der Waals surface area contributed by atoms with E-state index in [-0.39, 0.29) is 25.6 Å². The van der Waals surface area contributed by atoms with E-state index in [0.717, 1.165) is 25.9 Å². The van der Waals surface area contributed by atoms with Gasteiger partial charge in [0.1, 0.15) is 12.1 Å². The van der Waals surface area contributed by atoms with Crippen molar-refractivity contribution < 1.29 is 19.1 Å². The molecule has 1 N–H and O–H groups in total. The Morgan fingerprint density at radius 3 is 2.78 bits per heavy atom. The fraction of sp³-hybridized carbons (Fsp3) is 0.579. The number of hydrogen-bond acceptors (Lipinski definition) is 6. The van der Waals surface area contributed by atoms with Crippen molar-refractivity contribution in [2.45, 2.75) is 25.0 Å². The molecule has 27 heavy (non-hydrogen) atoms. The number of fused-ring (bicyclic) bond motifs is 1. The van der Waals surface area contributed by atoms with Crippen molar-refractivity contribution in [3.63, 3.8) is 0 Å². The summed E-state index contributed by atoms with van der Waals surface area (Å²) < 4.78 is 12.1. The standard InChI is InChI=1S/C19H25N3O5/c23-17(11-22-15-5-1-2-6-16(15)27-18(22)24)21-9-10-26-14-19(25,13-21)12-20-7-3-4-8-20/h1-2,5-6,25H,3-4,7-14H2/t19-/m1/s1. The summed E-state index contributed by atoms with van der Waals surface area (Å²) in [4.78, 5) is 28.8. The van der Waals surface area contributed by atoms with E-state index >= 15 is 0 Å². The summed E-state index contributed by atoms with van der Waals surface area (Å²) in [6, 6.07) is 7.03. The fourth-order valence-corrected chi connectivity index (χ4v) is 3.98. The Morgan fingerprint density at radius 1 is 1.19 bits per heavy atom. The van der Waals surface area contributed by atoms with Crippen molar-refractivity contribution in [2.75, 3.05) is 45.9 Å². The molecule has 4 rings (SSSR count). The normalized spacial score (nSPS) is 24.4. The van der Waals surface area contributed by atoms with E-state index in [1.807, 2.05) is 0 Å². The quantitative estimate of drug-likeness (QED) is 0.826. The van der Waals surface area contributed by atoms with Crippen molar-refractivity contribution >= 4 is 17.0 Å². The van der Waals surface area contributed by atoms with Crippen LogP contribution in [0.1, 0.15) is 12.8 Å². The molecule has 2 aliphatic heterocycles. The number of likely N-dealkylation sites (tertiary alicyclic amines) is 1. The molecule has 0 saturated carbocycles. The van der Waals surface area contributed by atoms with Crippen LogP contribution in [0.25, 0.3) is 11.1 Å². The molecule has 2 saturated heterocycles. The third-order valence-corrected chi connectivity index (χ3v) is 5.30. The maximum atomic E-state index is 12.9. The number of hydrogen-bond donors (Lipinski definition) is 1. The van der Waals surface area contributed by atoms with Gasteiger partial charge in [0.15, 0.2) is 5.58 Å². The molecule has 2 aromatic rings. The number of β-amino-alcohol motifs (C(OH)–C–C–N with tert-alkyl or cyclic N) is 1. The van der Waals surface area contributed by atoms with Gasteiger partial charge in [0.05, 0.1) is 25.3 Å². The lowest BCUT2D eigenvalue weighted by molar-refractivity contribution is -0.135. The molecule has 1 aromatic carbocycles. The first-order valence-electron chi connectivity index (χ1n) is 9.43. The predicted octanol–water partition coefficient (Wildman–Crippen LogP) is 0.280. The van der Waals surface area contributed by atoms with Crippen LogP contribution in [0.15, 0.2) is 33.5 Å². The number of benzene rings is 1. The zero-order chi connectivity index (χ0) is 18.9. The second-order valence-corrected chi connectivity index (χ2v) is 7.50. The van der Waals surface area contributed by atoms with Crippen LogP contribution in [-0.4, -0.2) is 76.9 Å². The summed E-state index contributed by atoms with van der Waals surface area (Å²) in [5, 5.41) is 11.0. The van der Waals surface area contributed by atoms with Crippen LogP contribution >= 0.6 is 0 Å². The minimum absolute atomic E-state index is 0.115. The van der Waals surface area contributed by atoms with Crippen molar-refractivity contribution in [1.29, 1.82) is 0 Å². The zero-order valence-corrected chi connectivity index (χ0v) is 15.3. The molecule has 1 aromatic heterocycles. The highest BCUT2D eigenvalue weighted by Gasteiger charge is 2.36. The number of para-hydroxylation sites is 2. The summed E-state index contributed by atoms with van der Waals surface area (Å²) in [5.41, 5.74) is -0.0470. The summed E-state index contributed by atoms with van der Waals surface area (Å²) >= 11 is 0. The summed E-state index contributed by atoms with van der Waals surface area (Å²) in [6.07, 6.45) is 2.27. The first kappa shape index (κ1) is 18.2. The Balaban J connectivity index is 1.50. The topological polar surface area (TPSA) is 88.2 Å². The first-order chi connectivity index (χ1) is 13.0. The molecule has 0 bridgehead atoms. The van der Waals surface area contributed by atoms with Crippen LogP contribution in [0.3, 0.4) is 0 Å². The Morgan fingerprint density at radius 2 is 1.96 bits per heavy atom. The number of oxazole rings is 1. The maximum absolute atomic E-state index is 12.9. The van der Waals surface area contributed by atoms with E-state index in [1.165, 1.54) is 4.57 Å². The van der Waals surface area contributed by atoms with Crippen LogP contribution in [0, 0.1) is 0 Å². The fourth-order valence-electron chi connectivity index (χ4n) is 3.98. The van der Waals surface area contributed by atoms with Gasteiger partial charge in [0.2, 0.25) is 5.91 Å². The number of carbonyl (C=O) groups is 1. The largest absolute Gasteiger partial charge is 0.420 e. The highest BCUT2D eigenvalue weighted by Crippen LogP contribution is 2.19. The molecule has 8 nitrogen and oxygen atoms in total. The van der Waals surface area contributed by atoms with Crippen molar-refractivity contribution in [2.24, 2.45) is 0 Å². The molecule has 0 unspecified atom stereocenters. The van der Waals surface area contributed by atoms with Crippen LogP contribution in [0.4, 0.5) is 0 Å². The molecule has 1 atom stereocenters. The summed E-state index contributed by atoms with van der Waals surface area (Å²) in [6.45, 7) is 3.48. The molecule has 0 radical (unpaired) electrons. The van der Waals surface area contributed by atoms with Crippen LogP contribution in [-0.2, 0) is 16.1 Å². The maximum Gasteiger partial charge on any atom is 0.420 e. The Hall–Kier alpha value is -2.16. The number of aromatic nitrogens is 1. The van der Waals surface area contributed by atoms with Gasteiger partial charge in [0.25, 0.3) is 0 Å². The minimum Gasteiger partial charge on any atom is -0.408 e. The number of nitrogens with zero attached hydrogens (tertiary/aromatic N) is 3. The Kier molecular flexibility index (Phi) is 5.03. The predicted molar refractivity (Wildman–Crippen MR) is 98.5 cm³/mol. The van der Waals surface area contributed by atoms with Gasteiger partial charge in [-0.15, -0.1) is 0 Å². The number of carbonyl (C=O) groups excluding carboxylic acids is 1. The molecule has 0 spiro atoms. The molecule has 1 amide bonds. The smallest absolute Gasteiger partial charge is 0.408 e. The lowest BCUT2D eigenvalue weighted by atomic mass is 10.0. The van der Waals surface area contributed by atoms with Gasteiger partial charge in [-0.05, 0) is 38.1 Å². The van der Waals surface area contributed by atoms with Crippen molar-refractivity contribution in [3.05, 3.63) is 34.8 Å². The molecule has 2 aliphatic rings. The molecule has 0 aliphatic carbocycles. The van der Waals surface area contributed by atoms with Crippen LogP contribution in [0.5, 0.6) is 0 Å². The van der Waals surface area contributed by atoms with E-state index < -0.39 is 11.4 Å². The number of ether oxygens (including phenoxy) is 1. The highest BCUT2D eigenvalue weighted by molar-refractivity contribution is 5.79. The van der Waals surface area contributed by atoms with Gasteiger partial charge in [-0.2, -0.15) is 0 Å². The van der Waals surface area contributed by atoms with Gasteiger partial charge >= 0.3 is 5.76 Å². The second-order valence-electron chi connectivity index (χ2n) is 7.50. The van der Waals surface area contributed by atoms with Gasteiger partial charge in [0, 0.05) is 13.1 Å².